The standard InChI is InChI=1S/C8H16OS.C7H14O.CH4/c1-7(2)4-8-5-10(3,9)6-8;1-6(2)3-7-4-8-5-7;/h7-8H,3-6H2,1-2H3;6-7H,3-5H2,1-2H3;1H4. The molecule has 0 aromatic heterocycles. The summed E-state index contributed by atoms with van der Waals surface area (Å²) < 4.78 is 16.2. The average Bonchev–Trinajstić information content (AvgIpc) is 2.08. The summed E-state index contributed by atoms with van der Waals surface area (Å²) in [5, 5.41) is 0. The SMILES string of the molecule is C.C=S1(=O)CC(CC(C)C)C1.CC(C)CC1COC1. The van der Waals surface area contributed by atoms with Crippen LogP contribution in [0.5, 0.6) is 0 Å². The average molecular weight is 291 g/mol. The molecule has 116 valence electrons. The Morgan fingerprint density at radius 3 is 1.68 bits per heavy atom. The van der Waals surface area contributed by atoms with E-state index in [0.717, 1.165) is 42.5 Å². The van der Waals surface area contributed by atoms with E-state index in [-0.39, 0.29) is 7.43 Å². The fraction of sp³-hybridized carbons (Fsp3) is 0.938. The Morgan fingerprint density at radius 2 is 1.47 bits per heavy atom. The van der Waals surface area contributed by atoms with Gasteiger partial charge >= 0.3 is 0 Å². The lowest BCUT2D eigenvalue weighted by molar-refractivity contribution is -0.0406. The predicted molar refractivity (Wildman–Crippen MR) is 88.4 cm³/mol. The van der Waals surface area contributed by atoms with E-state index in [9.17, 15) is 4.21 Å². The zero-order chi connectivity index (χ0) is 13.8. The molecule has 0 saturated carbocycles. The van der Waals surface area contributed by atoms with Crippen LogP contribution in [0.1, 0.15) is 48.0 Å². The summed E-state index contributed by atoms with van der Waals surface area (Å²) in [5.41, 5.74) is 0. The van der Waals surface area contributed by atoms with Crippen molar-refractivity contribution in [2.45, 2.75) is 48.0 Å². The molecule has 19 heavy (non-hydrogen) atoms. The van der Waals surface area contributed by atoms with Gasteiger partial charge in [-0.15, -0.1) is 0 Å². The summed E-state index contributed by atoms with van der Waals surface area (Å²) in [6.45, 7) is 11.0. The highest BCUT2D eigenvalue weighted by molar-refractivity contribution is 8.01. The first-order valence-corrected chi connectivity index (χ1v) is 9.25. The lowest BCUT2D eigenvalue weighted by Crippen LogP contribution is -2.36. The van der Waals surface area contributed by atoms with Crippen molar-refractivity contribution in [2.24, 2.45) is 23.7 Å². The Balaban J connectivity index is 0.000000331. The molecule has 0 unspecified atom stereocenters. The van der Waals surface area contributed by atoms with Gasteiger partial charge in [0.2, 0.25) is 0 Å². The molecule has 0 amide bonds. The number of rotatable bonds is 4. The van der Waals surface area contributed by atoms with Gasteiger partial charge < -0.3 is 4.74 Å². The van der Waals surface area contributed by atoms with Crippen LogP contribution in [0, 0.1) is 23.7 Å². The third-order valence-corrected chi connectivity index (χ3v) is 5.55. The van der Waals surface area contributed by atoms with Gasteiger partial charge in [-0.25, -0.2) is 0 Å². The Labute approximate surface area is 121 Å². The largest absolute Gasteiger partial charge is 0.381 e. The highest BCUT2D eigenvalue weighted by Gasteiger charge is 2.28. The fourth-order valence-electron chi connectivity index (χ4n) is 2.70. The van der Waals surface area contributed by atoms with Crippen LogP contribution in [0.4, 0.5) is 0 Å². The molecule has 0 radical (unpaired) electrons. The normalized spacial score (nSPS) is 29.9. The molecule has 0 spiro atoms. The Hall–Kier alpha value is -0.0200. The first-order chi connectivity index (χ1) is 8.28. The van der Waals surface area contributed by atoms with E-state index >= 15 is 0 Å². The third-order valence-electron chi connectivity index (χ3n) is 3.40. The lowest BCUT2D eigenvalue weighted by Gasteiger charge is -2.31. The number of hydrogen-bond acceptors (Lipinski definition) is 2. The second-order valence-electron chi connectivity index (χ2n) is 6.83. The van der Waals surface area contributed by atoms with Crippen molar-refractivity contribution in [3.63, 3.8) is 0 Å². The summed E-state index contributed by atoms with van der Waals surface area (Å²) in [7, 11) is -1.58. The molecule has 0 aliphatic carbocycles. The van der Waals surface area contributed by atoms with E-state index in [1.165, 1.54) is 12.8 Å². The summed E-state index contributed by atoms with van der Waals surface area (Å²) in [5.74, 6) is 8.62. The second-order valence-corrected chi connectivity index (χ2v) is 9.43. The summed E-state index contributed by atoms with van der Waals surface area (Å²) in [4.78, 5) is 0. The van der Waals surface area contributed by atoms with Gasteiger partial charge in [0.25, 0.3) is 0 Å². The minimum absolute atomic E-state index is 0. The number of ether oxygens (including phenoxy) is 1. The molecule has 2 rings (SSSR count). The van der Waals surface area contributed by atoms with E-state index < -0.39 is 9.52 Å². The molecular formula is C16H34O2S. The molecule has 2 saturated heterocycles. The van der Waals surface area contributed by atoms with Gasteiger partial charge in [-0.2, -0.15) is 0 Å². The Kier molecular flexibility index (Phi) is 8.30. The quantitative estimate of drug-likeness (QED) is 0.738. The van der Waals surface area contributed by atoms with Crippen LogP contribution in [0.15, 0.2) is 0 Å². The molecule has 0 aromatic rings. The molecule has 3 heteroatoms. The first-order valence-electron chi connectivity index (χ1n) is 7.19. The van der Waals surface area contributed by atoms with Gasteiger partial charge in [0.05, 0.1) is 13.2 Å². The van der Waals surface area contributed by atoms with E-state index in [1.54, 1.807) is 0 Å². The van der Waals surface area contributed by atoms with Crippen molar-refractivity contribution in [1.29, 1.82) is 0 Å². The van der Waals surface area contributed by atoms with Crippen LogP contribution in [-0.4, -0.2) is 34.8 Å². The van der Waals surface area contributed by atoms with Gasteiger partial charge in [-0.05, 0) is 46.0 Å². The summed E-state index contributed by atoms with van der Waals surface area (Å²) in [6.07, 6.45) is 2.58. The maximum absolute atomic E-state index is 11.1. The first kappa shape index (κ1) is 19.0. The molecule has 0 bridgehead atoms. The third kappa shape index (κ3) is 7.98. The molecular weight excluding hydrogens is 256 g/mol. The van der Waals surface area contributed by atoms with E-state index in [2.05, 4.69) is 33.6 Å². The van der Waals surface area contributed by atoms with Crippen LogP contribution >= 0.6 is 0 Å². The lowest BCUT2D eigenvalue weighted by atomic mass is 9.96. The van der Waals surface area contributed by atoms with E-state index in [0.29, 0.717) is 5.92 Å². The van der Waals surface area contributed by atoms with Crippen LogP contribution in [0.3, 0.4) is 0 Å². The summed E-state index contributed by atoms with van der Waals surface area (Å²) >= 11 is 0. The molecule has 0 N–H and O–H groups in total. The van der Waals surface area contributed by atoms with Crippen molar-refractivity contribution < 1.29 is 8.95 Å². The molecule has 2 nitrogen and oxygen atoms in total. The number of hydrogen-bond donors (Lipinski definition) is 0. The maximum Gasteiger partial charge on any atom is 0.0516 e. The highest BCUT2D eigenvalue weighted by Crippen LogP contribution is 2.24. The zero-order valence-corrected chi connectivity index (χ0v) is 13.3. The molecule has 2 fully saturated rings. The Morgan fingerprint density at radius 1 is 1.05 bits per heavy atom. The zero-order valence-electron chi connectivity index (χ0n) is 12.5. The molecule has 2 aliphatic heterocycles. The van der Waals surface area contributed by atoms with Gasteiger partial charge in [-0.3, -0.25) is 4.21 Å². The van der Waals surface area contributed by atoms with Crippen LogP contribution in [-0.2, 0) is 14.3 Å². The molecule has 2 aliphatic rings. The second kappa shape index (κ2) is 8.31. The van der Waals surface area contributed by atoms with Crippen LogP contribution in [0.25, 0.3) is 0 Å². The van der Waals surface area contributed by atoms with E-state index in [1.807, 2.05) is 0 Å². The fourth-order valence-corrected chi connectivity index (χ4v) is 4.59. The molecule has 0 aromatic carbocycles. The summed E-state index contributed by atoms with van der Waals surface area (Å²) in [6, 6.07) is 0. The monoisotopic (exact) mass is 290 g/mol. The minimum Gasteiger partial charge on any atom is -0.381 e. The van der Waals surface area contributed by atoms with Crippen molar-refractivity contribution in [2.75, 3.05) is 24.7 Å². The highest BCUT2D eigenvalue weighted by atomic mass is 32.2. The van der Waals surface area contributed by atoms with Crippen molar-refractivity contribution >= 4 is 15.4 Å². The predicted octanol–water partition coefficient (Wildman–Crippen LogP) is 3.69. The molecule has 0 atom stereocenters. The minimum atomic E-state index is -1.58. The topological polar surface area (TPSA) is 26.3 Å². The van der Waals surface area contributed by atoms with E-state index in [4.69, 9.17) is 4.74 Å². The Bertz CT molecular complexity index is 315. The van der Waals surface area contributed by atoms with Crippen LogP contribution < -0.4 is 0 Å². The van der Waals surface area contributed by atoms with Gasteiger partial charge in [0.1, 0.15) is 0 Å². The van der Waals surface area contributed by atoms with Gasteiger partial charge in [0.15, 0.2) is 0 Å². The van der Waals surface area contributed by atoms with Gasteiger partial charge in [0, 0.05) is 17.4 Å². The molecule has 2 heterocycles. The van der Waals surface area contributed by atoms with Crippen LogP contribution in [0.2, 0.25) is 0 Å². The van der Waals surface area contributed by atoms with Crippen molar-refractivity contribution in [1.82, 2.24) is 0 Å². The van der Waals surface area contributed by atoms with Crippen molar-refractivity contribution in [3.05, 3.63) is 0 Å². The maximum atomic E-state index is 11.1. The van der Waals surface area contributed by atoms with Gasteiger partial charge in [-0.1, -0.05) is 35.1 Å². The smallest absolute Gasteiger partial charge is 0.0516 e. The van der Waals surface area contributed by atoms with Crippen molar-refractivity contribution in [3.8, 4) is 0 Å².